The van der Waals surface area contributed by atoms with E-state index in [-0.39, 0.29) is 17.9 Å². The maximum Gasteiger partial charge on any atom is 0.471 e. The molecule has 2 amide bonds. The summed E-state index contributed by atoms with van der Waals surface area (Å²) < 4.78 is 54.3. The van der Waals surface area contributed by atoms with E-state index in [1.807, 2.05) is 0 Å². The Morgan fingerprint density at radius 2 is 1.85 bits per heavy atom. The molecule has 0 saturated heterocycles. The van der Waals surface area contributed by atoms with Crippen LogP contribution in [0.1, 0.15) is 11.6 Å². The zero-order chi connectivity index (χ0) is 19.4. The van der Waals surface area contributed by atoms with Crippen LogP contribution in [0, 0.1) is 5.82 Å². The lowest BCUT2D eigenvalue weighted by Crippen LogP contribution is -2.28. The number of carbonyl (C=O) groups is 1. The molecule has 11 heteroatoms. The van der Waals surface area contributed by atoms with Gasteiger partial charge in [-0.3, -0.25) is 4.98 Å². The van der Waals surface area contributed by atoms with Gasteiger partial charge in [0.15, 0.2) is 0 Å². The van der Waals surface area contributed by atoms with Gasteiger partial charge in [0, 0.05) is 17.4 Å². The van der Waals surface area contributed by atoms with Crippen molar-refractivity contribution >= 4 is 11.7 Å². The number of alkyl halides is 3. The summed E-state index contributed by atoms with van der Waals surface area (Å²) in [6.07, 6.45) is -3.46. The predicted molar refractivity (Wildman–Crippen MR) is 84.8 cm³/mol. The van der Waals surface area contributed by atoms with E-state index in [1.54, 1.807) is 0 Å². The number of hydrogen-bond acceptors (Lipinski definition) is 5. The maximum atomic E-state index is 12.8. The highest BCUT2D eigenvalue weighted by Gasteiger charge is 2.38. The Bertz CT molecular complexity index is 923. The number of amides is 2. The first-order valence-electron chi connectivity index (χ1n) is 7.48. The second kappa shape index (κ2) is 7.40. The highest BCUT2D eigenvalue weighted by molar-refractivity contribution is 5.89. The fourth-order valence-electron chi connectivity index (χ4n) is 2.00. The van der Waals surface area contributed by atoms with Gasteiger partial charge in [-0.25, -0.2) is 9.18 Å². The van der Waals surface area contributed by atoms with E-state index in [9.17, 15) is 22.4 Å². The Morgan fingerprint density at radius 1 is 1.11 bits per heavy atom. The SMILES string of the molecule is O=C(NCc1ccc(-c2noc(C(F)(F)F)n2)cn1)Nc1ccc(F)cc1. The molecule has 3 rings (SSSR count). The molecule has 0 spiro atoms. The van der Waals surface area contributed by atoms with Crippen LogP contribution in [0.25, 0.3) is 11.4 Å². The molecule has 2 heterocycles. The van der Waals surface area contributed by atoms with Crippen molar-refractivity contribution in [3.8, 4) is 11.4 Å². The first-order chi connectivity index (χ1) is 12.8. The number of halogens is 4. The number of hydrogen-bond donors (Lipinski definition) is 2. The van der Waals surface area contributed by atoms with Crippen molar-refractivity contribution in [2.24, 2.45) is 0 Å². The van der Waals surface area contributed by atoms with Crippen LogP contribution in [0.5, 0.6) is 0 Å². The number of carbonyl (C=O) groups excluding carboxylic acids is 1. The first-order valence-corrected chi connectivity index (χ1v) is 7.48. The summed E-state index contributed by atoms with van der Waals surface area (Å²) in [4.78, 5) is 19.1. The molecule has 3 aromatic rings. The van der Waals surface area contributed by atoms with Gasteiger partial charge in [0.2, 0.25) is 5.82 Å². The van der Waals surface area contributed by atoms with E-state index in [0.29, 0.717) is 11.4 Å². The van der Waals surface area contributed by atoms with Gasteiger partial charge in [0.05, 0.1) is 12.2 Å². The second-order valence-corrected chi connectivity index (χ2v) is 5.27. The fourth-order valence-corrected chi connectivity index (χ4v) is 2.00. The molecule has 27 heavy (non-hydrogen) atoms. The molecule has 0 unspecified atom stereocenters. The molecule has 0 aliphatic heterocycles. The average Bonchev–Trinajstić information content (AvgIpc) is 3.13. The standard InChI is InChI=1S/C16H11F4N5O2/c17-10-2-5-11(6-3-10)23-15(26)22-8-12-4-1-9(7-21-12)13-24-14(27-25-13)16(18,19)20/h1-7H,8H2,(H2,22,23,26). The van der Waals surface area contributed by atoms with Crippen molar-refractivity contribution in [1.82, 2.24) is 20.4 Å². The topological polar surface area (TPSA) is 92.9 Å². The molecule has 0 fully saturated rings. The Morgan fingerprint density at radius 3 is 2.44 bits per heavy atom. The summed E-state index contributed by atoms with van der Waals surface area (Å²) in [7, 11) is 0. The number of aromatic nitrogens is 3. The van der Waals surface area contributed by atoms with Crippen molar-refractivity contribution in [1.29, 1.82) is 0 Å². The minimum absolute atomic E-state index is 0.0629. The molecule has 0 aliphatic rings. The molecule has 2 aromatic heterocycles. The summed E-state index contributed by atoms with van der Waals surface area (Å²) in [5, 5.41) is 8.31. The molecule has 0 saturated carbocycles. The van der Waals surface area contributed by atoms with Crippen LogP contribution in [0.3, 0.4) is 0 Å². The quantitative estimate of drug-likeness (QED) is 0.674. The number of urea groups is 1. The third-order valence-corrected chi connectivity index (χ3v) is 3.28. The zero-order valence-electron chi connectivity index (χ0n) is 13.4. The summed E-state index contributed by atoms with van der Waals surface area (Å²) in [5.41, 5.74) is 1.09. The van der Waals surface area contributed by atoms with E-state index in [0.717, 1.165) is 0 Å². The van der Waals surface area contributed by atoms with Crippen LogP contribution in [0.2, 0.25) is 0 Å². The largest absolute Gasteiger partial charge is 0.471 e. The van der Waals surface area contributed by atoms with Crippen LogP contribution < -0.4 is 10.6 Å². The van der Waals surface area contributed by atoms with Crippen molar-refractivity contribution in [3.05, 3.63) is 60.0 Å². The minimum atomic E-state index is -4.72. The first kappa shape index (κ1) is 18.3. The smallest absolute Gasteiger partial charge is 0.332 e. The Hall–Kier alpha value is -3.50. The summed E-state index contributed by atoms with van der Waals surface area (Å²) >= 11 is 0. The van der Waals surface area contributed by atoms with Gasteiger partial charge in [0.1, 0.15) is 5.82 Å². The van der Waals surface area contributed by atoms with E-state index in [2.05, 4.69) is 30.3 Å². The lowest BCUT2D eigenvalue weighted by molar-refractivity contribution is -0.159. The van der Waals surface area contributed by atoms with Crippen LogP contribution in [-0.4, -0.2) is 21.2 Å². The Kier molecular flexibility index (Phi) is 5.01. The molecule has 140 valence electrons. The summed E-state index contributed by atoms with van der Waals surface area (Å²) in [5.74, 6) is -2.11. The highest BCUT2D eigenvalue weighted by atomic mass is 19.4. The van der Waals surface area contributed by atoms with Crippen LogP contribution in [-0.2, 0) is 12.7 Å². The second-order valence-electron chi connectivity index (χ2n) is 5.27. The average molecular weight is 381 g/mol. The van der Waals surface area contributed by atoms with E-state index >= 15 is 0 Å². The lowest BCUT2D eigenvalue weighted by Gasteiger charge is -2.07. The van der Waals surface area contributed by atoms with Gasteiger partial charge in [0.25, 0.3) is 0 Å². The van der Waals surface area contributed by atoms with Gasteiger partial charge >= 0.3 is 18.1 Å². The molecule has 7 nitrogen and oxygen atoms in total. The van der Waals surface area contributed by atoms with E-state index < -0.39 is 23.9 Å². The highest BCUT2D eigenvalue weighted by Crippen LogP contribution is 2.29. The third kappa shape index (κ3) is 4.77. The van der Waals surface area contributed by atoms with Crippen LogP contribution in [0.15, 0.2) is 47.1 Å². The van der Waals surface area contributed by atoms with Crippen molar-refractivity contribution < 1.29 is 26.9 Å². The normalized spacial score (nSPS) is 11.3. The lowest BCUT2D eigenvalue weighted by atomic mass is 10.2. The fraction of sp³-hybridized carbons (Fsp3) is 0.125. The van der Waals surface area contributed by atoms with E-state index in [1.165, 1.54) is 42.6 Å². The summed E-state index contributed by atoms with van der Waals surface area (Å²) in [6, 6.07) is 7.64. The molecule has 0 aliphatic carbocycles. The number of nitrogens with one attached hydrogen (secondary N) is 2. The number of rotatable bonds is 4. The Balaban J connectivity index is 1.56. The maximum absolute atomic E-state index is 12.8. The van der Waals surface area contributed by atoms with Crippen molar-refractivity contribution in [2.75, 3.05) is 5.32 Å². The number of nitrogens with zero attached hydrogens (tertiary/aromatic N) is 3. The van der Waals surface area contributed by atoms with Crippen molar-refractivity contribution in [3.63, 3.8) is 0 Å². The number of benzene rings is 1. The zero-order valence-corrected chi connectivity index (χ0v) is 13.4. The van der Waals surface area contributed by atoms with Gasteiger partial charge in [-0.1, -0.05) is 5.16 Å². The molecule has 0 radical (unpaired) electrons. The molecule has 0 atom stereocenters. The van der Waals surface area contributed by atoms with Crippen molar-refractivity contribution in [2.45, 2.75) is 12.7 Å². The third-order valence-electron chi connectivity index (χ3n) is 3.28. The Labute approximate surface area is 149 Å². The monoisotopic (exact) mass is 381 g/mol. The molecular formula is C16H11F4N5O2. The van der Waals surface area contributed by atoms with Crippen LogP contribution in [0.4, 0.5) is 28.0 Å². The van der Waals surface area contributed by atoms with E-state index in [4.69, 9.17) is 0 Å². The van der Waals surface area contributed by atoms with Gasteiger partial charge in [-0.05, 0) is 36.4 Å². The molecule has 1 aromatic carbocycles. The minimum Gasteiger partial charge on any atom is -0.332 e. The molecule has 0 bridgehead atoms. The van der Waals surface area contributed by atoms with Gasteiger partial charge in [-0.15, -0.1) is 0 Å². The predicted octanol–water partition coefficient (Wildman–Crippen LogP) is 3.61. The molecule has 2 N–H and O–H groups in total. The van der Waals surface area contributed by atoms with Gasteiger partial charge in [-0.2, -0.15) is 18.2 Å². The van der Waals surface area contributed by atoms with Crippen LogP contribution >= 0.6 is 0 Å². The van der Waals surface area contributed by atoms with Gasteiger partial charge < -0.3 is 15.2 Å². The number of anilines is 1. The summed E-state index contributed by atoms with van der Waals surface area (Å²) in [6.45, 7) is 0.0629. The molecular weight excluding hydrogens is 370 g/mol. The number of pyridine rings is 1.